The summed E-state index contributed by atoms with van der Waals surface area (Å²) in [5, 5.41) is 4.42. The van der Waals surface area contributed by atoms with Gasteiger partial charge in [0.1, 0.15) is 0 Å². The quantitative estimate of drug-likeness (QED) is 0.882. The van der Waals surface area contributed by atoms with Crippen LogP contribution in [0, 0.1) is 6.92 Å². The molecule has 84 valence electrons. The molecule has 0 aromatic carbocycles. The number of aryl methyl sites for hydroxylation is 1. The first-order valence-electron chi connectivity index (χ1n) is 5.51. The molecule has 1 aliphatic rings. The van der Waals surface area contributed by atoms with Crippen molar-refractivity contribution < 1.29 is 0 Å². The van der Waals surface area contributed by atoms with Gasteiger partial charge in [0.2, 0.25) is 0 Å². The predicted molar refractivity (Wildman–Crippen MR) is 68.6 cm³/mol. The molecule has 1 aromatic rings. The van der Waals surface area contributed by atoms with Crippen LogP contribution >= 0.6 is 23.1 Å². The van der Waals surface area contributed by atoms with Gasteiger partial charge in [0.25, 0.3) is 0 Å². The lowest BCUT2D eigenvalue weighted by Crippen LogP contribution is -2.38. The van der Waals surface area contributed by atoms with Crippen molar-refractivity contribution in [3.05, 3.63) is 16.1 Å². The number of rotatable bonds is 3. The van der Waals surface area contributed by atoms with Crippen molar-refractivity contribution in [2.24, 2.45) is 0 Å². The summed E-state index contributed by atoms with van der Waals surface area (Å²) in [6.45, 7) is 5.42. The molecule has 2 rings (SSSR count). The summed E-state index contributed by atoms with van der Waals surface area (Å²) in [7, 11) is 0. The fraction of sp³-hybridized carbons (Fsp3) is 0.727. The van der Waals surface area contributed by atoms with Crippen LogP contribution in [0.5, 0.6) is 0 Å². The highest BCUT2D eigenvalue weighted by molar-refractivity contribution is 7.99. The van der Waals surface area contributed by atoms with Crippen molar-refractivity contribution in [2.75, 3.05) is 5.75 Å². The molecular formula is C11H18N2S2. The number of nitrogens with one attached hydrogen (secondary N) is 1. The van der Waals surface area contributed by atoms with Gasteiger partial charge in [-0.05, 0) is 25.5 Å². The fourth-order valence-electron chi connectivity index (χ4n) is 1.91. The van der Waals surface area contributed by atoms with E-state index in [1.54, 1.807) is 11.3 Å². The van der Waals surface area contributed by atoms with E-state index >= 15 is 0 Å². The highest BCUT2D eigenvalue weighted by Gasteiger charge is 2.21. The first-order chi connectivity index (χ1) is 7.27. The Labute approximate surface area is 99.9 Å². The number of thioether (sulfide) groups is 1. The molecule has 2 nitrogen and oxygen atoms in total. The lowest BCUT2D eigenvalue weighted by molar-refractivity contribution is 0.463. The lowest BCUT2D eigenvalue weighted by atomic mass is 10.1. The van der Waals surface area contributed by atoms with Crippen LogP contribution in [0.1, 0.15) is 30.3 Å². The average Bonchev–Trinajstić information content (AvgIpc) is 2.63. The summed E-state index contributed by atoms with van der Waals surface area (Å²) < 4.78 is 0. The van der Waals surface area contributed by atoms with Crippen LogP contribution in [0.25, 0.3) is 0 Å². The summed E-state index contributed by atoms with van der Waals surface area (Å²) in [6, 6.07) is 0.685. The van der Waals surface area contributed by atoms with Crippen LogP contribution in [-0.2, 0) is 6.54 Å². The lowest BCUT2D eigenvalue weighted by Gasteiger charge is -2.29. The number of nitrogens with zero attached hydrogens (tertiary/aromatic N) is 1. The molecule has 1 N–H and O–H groups in total. The molecule has 0 bridgehead atoms. The van der Waals surface area contributed by atoms with Crippen LogP contribution in [-0.4, -0.2) is 22.0 Å². The molecule has 0 spiro atoms. The van der Waals surface area contributed by atoms with Crippen LogP contribution in [0.2, 0.25) is 0 Å². The van der Waals surface area contributed by atoms with Crippen molar-refractivity contribution in [3.8, 4) is 0 Å². The molecule has 1 saturated heterocycles. The van der Waals surface area contributed by atoms with E-state index in [2.05, 4.69) is 35.9 Å². The summed E-state index contributed by atoms with van der Waals surface area (Å²) in [6.07, 6.45) is 2.68. The Morgan fingerprint density at radius 2 is 2.47 bits per heavy atom. The number of hydrogen-bond donors (Lipinski definition) is 1. The highest BCUT2D eigenvalue weighted by atomic mass is 32.2. The zero-order valence-corrected chi connectivity index (χ0v) is 11.0. The van der Waals surface area contributed by atoms with Gasteiger partial charge < -0.3 is 5.32 Å². The van der Waals surface area contributed by atoms with Gasteiger partial charge >= 0.3 is 0 Å². The Hall–Kier alpha value is -0.0600. The van der Waals surface area contributed by atoms with E-state index in [0.29, 0.717) is 6.04 Å². The van der Waals surface area contributed by atoms with Gasteiger partial charge in [0.05, 0.1) is 11.2 Å². The molecule has 1 aromatic heterocycles. The topological polar surface area (TPSA) is 24.9 Å². The second kappa shape index (κ2) is 5.32. The summed E-state index contributed by atoms with van der Waals surface area (Å²) >= 11 is 3.85. The first-order valence-corrected chi connectivity index (χ1v) is 7.44. The van der Waals surface area contributed by atoms with E-state index in [1.807, 2.05) is 5.51 Å². The van der Waals surface area contributed by atoms with Crippen molar-refractivity contribution in [2.45, 2.75) is 44.5 Å². The predicted octanol–water partition coefficient (Wildman–Crippen LogP) is 2.83. The molecule has 0 radical (unpaired) electrons. The van der Waals surface area contributed by atoms with Gasteiger partial charge in [-0.2, -0.15) is 11.8 Å². The maximum absolute atomic E-state index is 4.27. The molecule has 2 heterocycles. The zero-order valence-electron chi connectivity index (χ0n) is 9.32. The number of thiazole rings is 1. The number of hydrogen-bond acceptors (Lipinski definition) is 4. The summed E-state index contributed by atoms with van der Waals surface area (Å²) in [4.78, 5) is 5.66. The summed E-state index contributed by atoms with van der Waals surface area (Å²) in [5.41, 5.74) is 3.12. The Bertz CT molecular complexity index is 311. The second-order valence-electron chi connectivity index (χ2n) is 4.07. The van der Waals surface area contributed by atoms with Gasteiger partial charge in [0, 0.05) is 22.7 Å². The molecule has 1 aliphatic heterocycles. The third kappa shape index (κ3) is 2.95. The van der Waals surface area contributed by atoms with Crippen LogP contribution in [0.3, 0.4) is 0 Å². The zero-order chi connectivity index (χ0) is 10.7. The minimum Gasteiger partial charge on any atom is -0.308 e. The average molecular weight is 242 g/mol. The molecule has 2 atom stereocenters. The Kier molecular flexibility index (Phi) is 4.05. The Morgan fingerprint density at radius 1 is 1.60 bits per heavy atom. The molecule has 0 amide bonds. The minimum atomic E-state index is 0.685. The van der Waals surface area contributed by atoms with Crippen molar-refractivity contribution in [1.82, 2.24) is 10.3 Å². The molecular weight excluding hydrogens is 224 g/mol. The van der Waals surface area contributed by atoms with Crippen molar-refractivity contribution >= 4 is 23.1 Å². The van der Waals surface area contributed by atoms with E-state index < -0.39 is 0 Å². The van der Waals surface area contributed by atoms with Crippen LogP contribution in [0.4, 0.5) is 0 Å². The first kappa shape index (κ1) is 11.4. The third-order valence-corrected chi connectivity index (χ3v) is 5.29. The van der Waals surface area contributed by atoms with Crippen LogP contribution in [0.15, 0.2) is 5.51 Å². The maximum Gasteiger partial charge on any atom is 0.0798 e. The molecule has 4 heteroatoms. The minimum absolute atomic E-state index is 0.685. The fourth-order valence-corrected chi connectivity index (χ4v) is 3.81. The normalized spacial score (nSPS) is 26.8. The third-order valence-electron chi connectivity index (χ3n) is 2.98. The van der Waals surface area contributed by atoms with E-state index in [1.165, 1.54) is 29.2 Å². The van der Waals surface area contributed by atoms with Gasteiger partial charge in [0.15, 0.2) is 0 Å². The summed E-state index contributed by atoms with van der Waals surface area (Å²) in [5.74, 6) is 1.33. The molecule has 0 saturated carbocycles. The Balaban J connectivity index is 1.84. The van der Waals surface area contributed by atoms with Gasteiger partial charge in [-0.3, -0.25) is 0 Å². The molecule has 15 heavy (non-hydrogen) atoms. The number of aromatic nitrogens is 1. The van der Waals surface area contributed by atoms with Crippen molar-refractivity contribution in [1.29, 1.82) is 0 Å². The van der Waals surface area contributed by atoms with E-state index in [-0.39, 0.29) is 0 Å². The van der Waals surface area contributed by atoms with Crippen LogP contribution < -0.4 is 5.32 Å². The monoisotopic (exact) mass is 242 g/mol. The molecule has 2 unspecified atom stereocenters. The standard InChI is InChI=1S/C11H18N2S2/c1-8-11(15-7-13-8)6-12-10-4-3-5-14-9(10)2/h7,9-10,12H,3-6H2,1-2H3. The van der Waals surface area contributed by atoms with E-state index in [4.69, 9.17) is 0 Å². The largest absolute Gasteiger partial charge is 0.308 e. The SMILES string of the molecule is Cc1ncsc1CNC1CCCSC1C. The Morgan fingerprint density at radius 3 is 3.13 bits per heavy atom. The van der Waals surface area contributed by atoms with E-state index in [0.717, 1.165) is 11.8 Å². The maximum atomic E-state index is 4.27. The highest BCUT2D eigenvalue weighted by Crippen LogP contribution is 2.25. The smallest absolute Gasteiger partial charge is 0.0798 e. The van der Waals surface area contributed by atoms with Gasteiger partial charge in [-0.15, -0.1) is 11.3 Å². The molecule has 1 fully saturated rings. The molecule has 0 aliphatic carbocycles. The second-order valence-corrected chi connectivity index (χ2v) is 6.49. The van der Waals surface area contributed by atoms with E-state index in [9.17, 15) is 0 Å². The van der Waals surface area contributed by atoms with Gasteiger partial charge in [-0.25, -0.2) is 4.98 Å². The van der Waals surface area contributed by atoms with Gasteiger partial charge in [-0.1, -0.05) is 6.92 Å². The van der Waals surface area contributed by atoms with Crippen molar-refractivity contribution in [3.63, 3.8) is 0 Å².